The van der Waals surface area contributed by atoms with Gasteiger partial charge in [-0.15, -0.1) is 0 Å². The number of nitrogens with zero attached hydrogens (tertiary/aromatic N) is 1. The second-order valence-corrected chi connectivity index (χ2v) is 7.59. The van der Waals surface area contributed by atoms with Crippen LogP contribution in [-0.4, -0.2) is 38.0 Å². The van der Waals surface area contributed by atoms with Crippen LogP contribution in [0.2, 0.25) is 0 Å². The highest BCUT2D eigenvalue weighted by Gasteiger charge is 2.10. The summed E-state index contributed by atoms with van der Waals surface area (Å²) in [6.07, 6.45) is 16.4. The highest BCUT2D eigenvalue weighted by atomic mass is 16.1. The molecule has 0 rings (SSSR count). The predicted octanol–water partition coefficient (Wildman–Crippen LogP) is 5.35. The molecular weight excluding hydrogens is 258 g/mol. The molecule has 0 spiro atoms. The Morgan fingerprint density at radius 2 is 1.10 bits per heavy atom. The highest BCUT2D eigenvalue weighted by Crippen LogP contribution is 2.12. The summed E-state index contributed by atoms with van der Waals surface area (Å²) < 4.78 is 0.893. The average Bonchev–Trinajstić information content (AvgIpc) is 2.42. The monoisotopic (exact) mass is 298 g/mol. The maximum atomic E-state index is 11.7. The van der Waals surface area contributed by atoms with Crippen molar-refractivity contribution in [2.24, 2.45) is 0 Å². The molecule has 126 valence electrons. The van der Waals surface area contributed by atoms with Crippen LogP contribution in [0.5, 0.6) is 0 Å². The molecule has 0 fully saturated rings. The third-order valence-corrected chi connectivity index (χ3v) is 4.12. The first kappa shape index (κ1) is 20.6. The molecule has 0 aliphatic rings. The van der Waals surface area contributed by atoms with Gasteiger partial charge < -0.3 is 4.48 Å². The van der Waals surface area contributed by atoms with Crippen LogP contribution in [0.3, 0.4) is 0 Å². The lowest BCUT2D eigenvalue weighted by atomic mass is 10.0. The number of carbonyl (C=O) groups is 1. The number of hydrogen-bond acceptors (Lipinski definition) is 1. The molecule has 0 atom stereocenters. The summed E-state index contributed by atoms with van der Waals surface area (Å²) in [4.78, 5) is 11.7. The van der Waals surface area contributed by atoms with E-state index < -0.39 is 0 Å². The molecule has 2 heteroatoms. The summed E-state index contributed by atoms with van der Waals surface area (Å²) in [6, 6.07) is 0. The van der Waals surface area contributed by atoms with Crippen molar-refractivity contribution in [1.29, 1.82) is 0 Å². The van der Waals surface area contributed by atoms with Gasteiger partial charge in [-0.2, -0.15) is 0 Å². The van der Waals surface area contributed by atoms with Crippen LogP contribution >= 0.6 is 0 Å². The molecule has 0 radical (unpaired) electrons. The smallest absolute Gasteiger partial charge is 0.138 e. The van der Waals surface area contributed by atoms with Gasteiger partial charge in [0.2, 0.25) is 0 Å². The zero-order valence-electron chi connectivity index (χ0n) is 15.3. The van der Waals surface area contributed by atoms with E-state index in [0.717, 1.165) is 30.3 Å². The molecule has 0 aliphatic heterocycles. The van der Waals surface area contributed by atoms with Gasteiger partial charge in [0.15, 0.2) is 0 Å². The van der Waals surface area contributed by atoms with Crippen LogP contribution in [0, 0.1) is 0 Å². The van der Waals surface area contributed by atoms with Gasteiger partial charge in [0, 0.05) is 6.42 Å². The second-order valence-electron chi connectivity index (χ2n) is 7.59. The minimum absolute atomic E-state index is 0.457. The van der Waals surface area contributed by atoms with Crippen molar-refractivity contribution in [3.63, 3.8) is 0 Å². The third-order valence-electron chi connectivity index (χ3n) is 4.12. The van der Waals surface area contributed by atoms with Gasteiger partial charge in [0.1, 0.15) is 5.78 Å². The number of carbonyl (C=O) groups excluding carboxylic acids is 1. The molecule has 0 heterocycles. The molecule has 0 amide bonds. The van der Waals surface area contributed by atoms with Crippen molar-refractivity contribution in [2.45, 2.75) is 90.4 Å². The van der Waals surface area contributed by atoms with Gasteiger partial charge in [0.05, 0.1) is 34.1 Å². The first-order valence-electron chi connectivity index (χ1n) is 9.28. The van der Waals surface area contributed by atoms with E-state index in [1.54, 1.807) is 0 Å². The van der Waals surface area contributed by atoms with Gasteiger partial charge in [-0.25, -0.2) is 0 Å². The van der Waals surface area contributed by atoms with Crippen molar-refractivity contribution >= 4 is 5.78 Å². The SMILES string of the molecule is CCCCCCCCCCCCCC(=O)CC[N+](C)(C)C. The molecule has 0 aromatic heterocycles. The van der Waals surface area contributed by atoms with Crippen LogP contribution in [0.15, 0.2) is 0 Å². The normalized spacial score (nSPS) is 11.8. The number of quaternary nitrogens is 1. The molecule has 0 saturated carbocycles. The fraction of sp³-hybridized carbons (Fsp3) is 0.947. The lowest BCUT2D eigenvalue weighted by Crippen LogP contribution is -2.36. The summed E-state index contributed by atoms with van der Waals surface area (Å²) in [5.74, 6) is 0.457. The standard InChI is InChI=1S/C19H40NO/c1-5-6-7-8-9-10-11-12-13-14-15-16-19(21)17-18-20(2,3)4/h5-18H2,1-4H3/q+1. The largest absolute Gasteiger partial charge is 0.331 e. The molecule has 0 N–H and O–H groups in total. The maximum absolute atomic E-state index is 11.7. The number of rotatable bonds is 15. The molecule has 0 unspecified atom stereocenters. The maximum Gasteiger partial charge on any atom is 0.138 e. The Labute approximate surface area is 133 Å². The Morgan fingerprint density at radius 3 is 1.52 bits per heavy atom. The van der Waals surface area contributed by atoms with Gasteiger partial charge in [-0.3, -0.25) is 4.79 Å². The van der Waals surface area contributed by atoms with E-state index in [4.69, 9.17) is 0 Å². The summed E-state index contributed by atoms with van der Waals surface area (Å²) in [7, 11) is 6.45. The Kier molecular flexibility index (Phi) is 13.1. The lowest BCUT2D eigenvalue weighted by Gasteiger charge is -2.23. The first-order valence-corrected chi connectivity index (χ1v) is 9.28. The number of unbranched alkanes of at least 4 members (excludes halogenated alkanes) is 10. The third kappa shape index (κ3) is 17.6. The Morgan fingerprint density at radius 1 is 0.667 bits per heavy atom. The first-order chi connectivity index (χ1) is 9.95. The summed E-state index contributed by atoms with van der Waals surface area (Å²) >= 11 is 0. The topological polar surface area (TPSA) is 17.1 Å². The van der Waals surface area contributed by atoms with Crippen LogP contribution in [0.4, 0.5) is 0 Å². The quantitative estimate of drug-likeness (QED) is 0.294. The Hall–Kier alpha value is -0.370. The molecule has 2 nitrogen and oxygen atoms in total. The van der Waals surface area contributed by atoms with Crippen molar-refractivity contribution in [3.05, 3.63) is 0 Å². The van der Waals surface area contributed by atoms with E-state index in [-0.39, 0.29) is 0 Å². The van der Waals surface area contributed by atoms with E-state index in [2.05, 4.69) is 28.1 Å². The zero-order valence-corrected chi connectivity index (χ0v) is 15.3. The predicted molar refractivity (Wildman–Crippen MR) is 93.6 cm³/mol. The van der Waals surface area contributed by atoms with Crippen LogP contribution in [-0.2, 0) is 4.79 Å². The molecule has 0 aliphatic carbocycles. The van der Waals surface area contributed by atoms with E-state index >= 15 is 0 Å². The fourth-order valence-corrected chi connectivity index (χ4v) is 2.57. The zero-order chi connectivity index (χ0) is 16.0. The van der Waals surface area contributed by atoms with Crippen molar-refractivity contribution in [3.8, 4) is 0 Å². The van der Waals surface area contributed by atoms with Crippen LogP contribution in [0.1, 0.15) is 90.4 Å². The number of ketones is 1. The Bertz CT molecular complexity index is 242. The van der Waals surface area contributed by atoms with E-state index in [9.17, 15) is 4.79 Å². The number of hydrogen-bond donors (Lipinski definition) is 0. The molecule has 21 heavy (non-hydrogen) atoms. The minimum Gasteiger partial charge on any atom is -0.331 e. The van der Waals surface area contributed by atoms with Crippen LogP contribution < -0.4 is 0 Å². The summed E-state index contributed by atoms with van der Waals surface area (Å²) in [5, 5.41) is 0. The molecule has 0 bridgehead atoms. The Balaban J connectivity index is 3.20. The average molecular weight is 299 g/mol. The van der Waals surface area contributed by atoms with E-state index in [1.165, 1.54) is 64.2 Å². The lowest BCUT2D eigenvalue weighted by molar-refractivity contribution is -0.869. The van der Waals surface area contributed by atoms with Gasteiger partial charge in [0.25, 0.3) is 0 Å². The molecule has 0 saturated heterocycles. The second kappa shape index (κ2) is 13.3. The van der Waals surface area contributed by atoms with Crippen molar-refractivity contribution in [1.82, 2.24) is 0 Å². The van der Waals surface area contributed by atoms with Gasteiger partial charge >= 0.3 is 0 Å². The summed E-state index contributed by atoms with van der Waals surface area (Å²) in [5.41, 5.74) is 0. The van der Waals surface area contributed by atoms with E-state index in [0.29, 0.717) is 5.78 Å². The fourth-order valence-electron chi connectivity index (χ4n) is 2.57. The van der Waals surface area contributed by atoms with Gasteiger partial charge in [-0.1, -0.05) is 71.1 Å². The van der Waals surface area contributed by atoms with Crippen LogP contribution in [0.25, 0.3) is 0 Å². The minimum atomic E-state index is 0.457. The highest BCUT2D eigenvalue weighted by molar-refractivity contribution is 5.78. The van der Waals surface area contributed by atoms with Gasteiger partial charge in [-0.05, 0) is 6.42 Å². The van der Waals surface area contributed by atoms with Crippen molar-refractivity contribution < 1.29 is 9.28 Å². The number of Topliss-reactive ketones (excluding diaryl/α,β-unsaturated/α-hetero) is 1. The summed E-state index contributed by atoms with van der Waals surface area (Å²) in [6.45, 7) is 3.24. The molecule has 0 aromatic rings. The van der Waals surface area contributed by atoms with Crippen molar-refractivity contribution in [2.75, 3.05) is 27.7 Å². The molecule has 0 aromatic carbocycles. The molecular formula is C19H40NO+. The van der Waals surface area contributed by atoms with E-state index in [1.807, 2.05) is 0 Å².